The van der Waals surface area contributed by atoms with Crippen LogP contribution in [-0.2, 0) is 46.1 Å². The third kappa shape index (κ3) is 24.3. The quantitative estimate of drug-likeness (QED) is 0.108. The van der Waals surface area contributed by atoms with Gasteiger partial charge >= 0.3 is 36.6 Å². The Morgan fingerprint density at radius 2 is 1.11 bits per heavy atom. The number of carboxylic acid groups (broad SMARTS) is 1. The molecule has 2 unspecified atom stereocenters. The van der Waals surface area contributed by atoms with Crippen molar-refractivity contribution in [1.29, 1.82) is 0 Å². The molecule has 10 nitrogen and oxygen atoms in total. The van der Waals surface area contributed by atoms with E-state index in [1.165, 1.54) is 0 Å². The highest BCUT2D eigenvalue weighted by Crippen LogP contribution is 2.16. The first-order chi connectivity index (χ1) is 21.0. The van der Waals surface area contributed by atoms with Crippen molar-refractivity contribution in [1.82, 2.24) is 0 Å². The Morgan fingerprint density at radius 1 is 0.696 bits per heavy atom. The summed E-state index contributed by atoms with van der Waals surface area (Å²) in [5.41, 5.74) is 1.78. The Morgan fingerprint density at radius 3 is 1.50 bits per heavy atom. The van der Waals surface area contributed by atoms with Crippen molar-refractivity contribution in [2.24, 2.45) is 0 Å². The van der Waals surface area contributed by atoms with Gasteiger partial charge in [0.2, 0.25) is 6.10 Å². The number of halogens is 7. The summed E-state index contributed by atoms with van der Waals surface area (Å²) in [6, 6.07) is 18.4. The summed E-state index contributed by atoms with van der Waals surface area (Å²) >= 11 is 3.31. The number of hydrogen-bond acceptors (Lipinski definition) is 9. The molecule has 0 aliphatic heterocycles. The summed E-state index contributed by atoms with van der Waals surface area (Å²) in [6.45, 7) is 0.301. The average molecular weight is 737 g/mol. The molecule has 0 bridgehead atoms. The second-order valence-corrected chi connectivity index (χ2v) is 9.39. The number of carbonyl (C=O) groups is 4. The predicted molar refractivity (Wildman–Crippen MR) is 155 cm³/mol. The van der Waals surface area contributed by atoms with Crippen LogP contribution in [0.3, 0.4) is 0 Å². The highest BCUT2D eigenvalue weighted by molar-refractivity contribution is 9.10. The average Bonchev–Trinajstić information content (AvgIpc) is 2.96. The molecule has 2 rings (SSSR count). The van der Waals surface area contributed by atoms with E-state index in [9.17, 15) is 45.5 Å². The molecule has 0 aliphatic rings. The molecule has 0 aromatic heterocycles. The van der Waals surface area contributed by atoms with Gasteiger partial charge in [-0.2, -0.15) is 26.3 Å². The van der Waals surface area contributed by atoms with Crippen LogP contribution in [0.1, 0.15) is 32.4 Å². The lowest BCUT2D eigenvalue weighted by Crippen LogP contribution is -2.32. The Hall–Kier alpha value is -4.02. The number of esters is 2. The molecule has 0 spiro atoms. The van der Waals surface area contributed by atoms with E-state index in [4.69, 9.17) is 14.6 Å². The minimum absolute atomic E-state index is 0. The van der Waals surface area contributed by atoms with Gasteiger partial charge in [0.1, 0.15) is 4.83 Å². The van der Waals surface area contributed by atoms with Gasteiger partial charge in [-0.15, -0.1) is 0 Å². The van der Waals surface area contributed by atoms with Gasteiger partial charge in [0.05, 0.1) is 13.2 Å². The zero-order chi connectivity index (χ0) is 34.5. The largest absolute Gasteiger partial charge is 0.509 e. The lowest BCUT2D eigenvalue weighted by Gasteiger charge is -2.16. The third-order valence-electron chi connectivity index (χ3n) is 4.56. The van der Waals surface area contributed by atoms with Gasteiger partial charge < -0.3 is 28.8 Å². The van der Waals surface area contributed by atoms with Crippen LogP contribution >= 0.6 is 15.9 Å². The number of alkyl halides is 7. The molecule has 17 heteroatoms. The fourth-order valence-corrected chi connectivity index (χ4v) is 3.31. The summed E-state index contributed by atoms with van der Waals surface area (Å²) in [5.74, 6) is -1.05. The first-order valence-corrected chi connectivity index (χ1v) is 13.8. The summed E-state index contributed by atoms with van der Waals surface area (Å²) in [4.78, 5) is 43.3. The lowest BCUT2D eigenvalue weighted by molar-refractivity contribution is -0.170. The standard InChI is InChI=1S/C14H15F3O5.C11H13BrO2.C3H3F3O3.CH4/c1-2-20-12(18)11(8-10-6-4-3-5-7-10)22-13(19)21-9-14(15,16)17;1-2-14-11(13)10(12)8-9-6-4-3-5-7-9;4-3(5,6)1-9-2(7)8;/h3-7,11H,2,8-9H2,1H3;3-7,10H,2,8H2,1H3;1H2,(H,7,8);1H4. The topological polar surface area (TPSA) is 135 Å². The maximum atomic E-state index is 12.0. The summed E-state index contributed by atoms with van der Waals surface area (Å²) in [6.07, 6.45) is -13.5. The first kappa shape index (κ1) is 44.1. The van der Waals surface area contributed by atoms with E-state index in [1.807, 2.05) is 30.3 Å². The first-order valence-electron chi connectivity index (χ1n) is 12.8. The molecule has 2 atom stereocenters. The van der Waals surface area contributed by atoms with Crippen LogP contribution in [0.2, 0.25) is 0 Å². The van der Waals surface area contributed by atoms with Gasteiger partial charge in [0.25, 0.3) is 0 Å². The van der Waals surface area contributed by atoms with E-state index < -0.39 is 50.0 Å². The van der Waals surface area contributed by atoms with E-state index in [1.54, 1.807) is 44.2 Å². The molecule has 46 heavy (non-hydrogen) atoms. The van der Waals surface area contributed by atoms with Gasteiger partial charge in [-0.1, -0.05) is 84.0 Å². The van der Waals surface area contributed by atoms with Crippen molar-refractivity contribution in [3.05, 3.63) is 71.8 Å². The van der Waals surface area contributed by atoms with Gasteiger partial charge in [-0.25, -0.2) is 14.4 Å². The fraction of sp³-hybridized carbons (Fsp3) is 0.448. The number of hydrogen-bond donors (Lipinski definition) is 1. The van der Waals surface area contributed by atoms with Crippen LogP contribution in [0.5, 0.6) is 0 Å². The van der Waals surface area contributed by atoms with Crippen LogP contribution in [0.15, 0.2) is 60.7 Å². The Bertz CT molecular complexity index is 1150. The SMILES string of the molecule is C.CCOC(=O)C(Br)Cc1ccccc1.CCOC(=O)C(Cc1ccccc1)OC(=O)OCC(F)(F)F.O=C(O)OCC(F)(F)F. The molecule has 2 aromatic carbocycles. The van der Waals surface area contributed by atoms with E-state index >= 15 is 0 Å². The lowest BCUT2D eigenvalue weighted by atomic mass is 10.1. The van der Waals surface area contributed by atoms with Crippen LogP contribution in [0, 0.1) is 0 Å². The van der Waals surface area contributed by atoms with Crippen molar-refractivity contribution < 1.29 is 74.3 Å². The molecule has 260 valence electrons. The third-order valence-corrected chi connectivity index (χ3v) is 5.26. The maximum absolute atomic E-state index is 12.0. The van der Waals surface area contributed by atoms with E-state index in [0.29, 0.717) is 18.6 Å². The van der Waals surface area contributed by atoms with Crippen molar-refractivity contribution in [3.63, 3.8) is 0 Å². The van der Waals surface area contributed by atoms with Crippen LogP contribution < -0.4 is 0 Å². The predicted octanol–water partition coefficient (Wildman–Crippen LogP) is 7.31. The summed E-state index contributed by atoms with van der Waals surface area (Å²) in [5, 5.41) is 7.55. The minimum Gasteiger partial charge on any atom is -0.465 e. The Kier molecular flexibility index (Phi) is 22.4. The second kappa shape index (κ2) is 23.3. The molecule has 0 saturated carbocycles. The van der Waals surface area contributed by atoms with Gasteiger partial charge in [0, 0.05) is 6.42 Å². The molecule has 1 N–H and O–H groups in total. The molecule has 0 heterocycles. The molecular weight excluding hydrogens is 702 g/mol. The van der Waals surface area contributed by atoms with Gasteiger partial charge in [-0.05, 0) is 31.4 Å². The van der Waals surface area contributed by atoms with Crippen molar-refractivity contribution in [2.75, 3.05) is 26.4 Å². The molecule has 0 saturated heterocycles. The molecular formula is C29H35BrF6O10. The van der Waals surface area contributed by atoms with Crippen LogP contribution in [0.4, 0.5) is 35.9 Å². The number of ether oxygens (including phenoxy) is 5. The maximum Gasteiger partial charge on any atom is 0.509 e. The second-order valence-electron chi connectivity index (χ2n) is 8.28. The number of benzene rings is 2. The molecule has 2 aromatic rings. The Balaban J connectivity index is 0. The van der Waals surface area contributed by atoms with Gasteiger partial charge in [-0.3, -0.25) is 4.79 Å². The minimum atomic E-state index is -4.67. The zero-order valence-corrected chi connectivity index (χ0v) is 25.5. The Labute approximate surface area is 270 Å². The zero-order valence-electron chi connectivity index (χ0n) is 23.9. The molecule has 0 fully saturated rings. The molecule has 0 radical (unpaired) electrons. The van der Waals surface area contributed by atoms with E-state index in [2.05, 4.69) is 30.1 Å². The monoisotopic (exact) mass is 736 g/mol. The molecule has 0 aliphatic carbocycles. The van der Waals surface area contributed by atoms with Crippen molar-refractivity contribution in [3.8, 4) is 0 Å². The number of carbonyl (C=O) groups excluding carboxylic acids is 3. The van der Waals surface area contributed by atoms with Crippen molar-refractivity contribution in [2.45, 2.75) is 57.4 Å². The molecule has 0 amide bonds. The fourth-order valence-electron chi connectivity index (χ4n) is 2.81. The summed E-state index contributed by atoms with van der Waals surface area (Å²) < 4.78 is 90.3. The highest BCUT2D eigenvalue weighted by Gasteiger charge is 2.32. The van der Waals surface area contributed by atoms with E-state index in [0.717, 1.165) is 5.56 Å². The normalized spacial score (nSPS) is 11.8. The van der Waals surface area contributed by atoms with Gasteiger partial charge in [0.15, 0.2) is 13.2 Å². The van der Waals surface area contributed by atoms with E-state index in [-0.39, 0.29) is 31.3 Å². The summed E-state index contributed by atoms with van der Waals surface area (Å²) in [7, 11) is 0. The van der Waals surface area contributed by atoms with Crippen molar-refractivity contribution >= 4 is 40.2 Å². The van der Waals surface area contributed by atoms with Crippen LogP contribution in [-0.4, -0.2) is 79.1 Å². The number of rotatable bonds is 11. The highest BCUT2D eigenvalue weighted by atomic mass is 79.9. The smallest absolute Gasteiger partial charge is 0.465 e. The van der Waals surface area contributed by atoms with Crippen LogP contribution in [0.25, 0.3) is 0 Å².